The summed E-state index contributed by atoms with van der Waals surface area (Å²) in [6, 6.07) is 17.1. The molecule has 0 saturated carbocycles. The number of hydrogen-bond acceptors (Lipinski definition) is 0. The summed E-state index contributed by atoms with van der Waals surface area (Å²) in [7, 11) is 0. The minimum Gasteiger partial charge on any atom is -0.121 e. The number of alkyl halides is 1. The van der Waals surface area contributed by atoms with Crippen molar-refractivity contribution < 1.29 is 21.7 Å². The second kappa shape index (κ2) is 5.97. The van der Waals surface area contributed by atoms with E-state index in [2.05, 4.69) is 72.8 Å². The van der Waals surface area contributed by atoms with Gasteiger partial charge >= 0.3 is 0 Å². The topological polar surface area (TPSA) is 0 Å². The van der Waals surface area contributed by atoms with Gasteiger partial charge in [0.25, 0.3) is 0 Å². The van der Waals surface area contributed by atoms with Crippen molar-refractivity contribution in [2.24, 2.45) is 0 Å². The van der Waals surface area contributed by atoms with Crippen LogP contribution in [0, 0.1) is 0 Å². The fraction of sp³-hybridized carbons (Fsp3) is 0.158. The zero-order valence-corrected chi connectivity index (χ0v) is 13.9. The molecule has 4 rings (SSSR count). The maximum Gasteiger partial charge on any atom is 0.0543 e. The molecule has 0 spiro atoms. The van der Waals surface area contributed by atoms with Gasteiger partial charge in [-0.15, -0.1) is 11.6 Å². The monoisotopic (exact) mass is 326 g/mol. The Labute approximate surface area is 145 Å². The Hall–Kier alpha value is -1.08. The molecule has 0 bridgehead atoms. The van der Waals surface area contributed by atoms with Gasteiger partial charge in [-0.25, -0.2) is 0 Å². The van der Waals surface area contributed by atoms with Crippen LogP contribution in [-0.4, -0.2) is 5.38 Å². The summed E-state index contributed by atoms with van der Waals surface area (Å²) >= 11 is 6.85. The summed E-state index contributed by atoms with van der Waals surface area (Å²) in [4.78, 5) is 0. The molecule has 21 heavy (non-hydrogen) atoms. The Balaban J connectivity index is 0.00000132. The zero-order valence-electron chi connectivity index (χ0n) is 11.5. The van der Waals surface area contributed by atoms with E-state index in [9.17, 15) is 0 Å². The Morgan fingerprint density at radius 2 is 1.14 bits per heavy atom. The third-order valence-corrected chi connectivity index (χ3v) is 4.91. The van der Waals surface area contributed by atoms with Crippen LogP contribution in [0.2, 0.25) is 0 Å². The van der Waals surface area contributed by atoms with E-state index in [0.29, 0.717) is 11.8 Å². The molecular formula is C19H15ClTi. The van der Waals surface area contributed by atoms with Crippen molar-refractivity contribution in [1.29, 1.82) is 0 Å². The molecule has 0 radical (unpaired) electrons. The number of fused-ring (bicyclic) bond motifs is 2. The SMILES string of the molecule is ClC(C1C=Cc2ccccc21)C1C=Cc2ccccc21.[Ti]. The predicted molar refractivity (Wildman–Crippen MR) is 86.1 cm³/mol. The maximum atomic E-state index is 6.85. The van der Waals surface area contributed by atoms with E-state index in [0.717, 1.165) is 0 Å². The Morgan fingerprint density at radius 3 is 1.62 bits per heavy atom. The third-order valence-electron chi connectivity index (χ3n) is 4.36. The van der Waals surface area contributed by atoms with E-state index in [-0.39, 0.29) is 27.1 Å². The number of hydrogen-bond donors (Lipinski definition) is 0. The average Bonchev–Trinajstić information content (AvgIpc) is 3.11. The van der Waals surface area contributed by atoms with Gasteiger partial charge in [-0.05, 0) is 22.3 Å². The van der Waals surface area contributed by atoms with Gasteiger partial charge in [0, 0.05) is 33.6 Å². The first-order valence-electron chi connectivity index (χ1n) is 7.03. The average molecular weight is 327 g/mol. The molecule has 0 saturated heterocycles. The largest absolute Gasteiger partial charge is 0.121 e. The fourth-order valence-electron chi connectivity index (χ4n) is 3.33. The van der Waals surface area contributed by atoms with Crippen LogP contribution < -0.4 is 0 Å². The van der Waals surface area contributed by atoms with Crippen LogP contribution in [0.1, 0.15) is 34.1 Å². The van der Waals surface area contributed by atoms with E-state index in [1.807, 2.05) is 0 Å². The van der Waals surface area contributed by atoms with Crippen molar-refractivity contribution in [2.75, 3.05) is 0 Å². The maximum absolute atomic E-state index is 6.85. The first-order valence-corrected chi connectivity index (χ1v) is 7.46. The van der Waals surface area contributed by atoms with Crippen LogP contribution >= 0.6 is 11.6 Å². The summed E-state index contributed by atoms with van der Waals surface area (Å²) in [5.74, 6) is 0.599. The predicted octanol–water partition coefficient (Wildman–Crippen LogP) is 5.21. The van der Waals surface area contributed by atoms with Crippen molar-refractivity contribution in [3.05, 3.63) is 82.9 Å². The van der Waals surface area contributed by atoms with Crippen molar-refractivity contribution in [1.82, 2.24) is 0 Å². The second-order valence-electron chi connectivity index (χ2n) is 5.47. The minimum atomic E-state index is 0. The van der Waals surface area contributed by atoms with Crippen molar-refractivity contribution in [3.8, 4) is 0 Å². The standard InChI is InChI=1S/C19H15Cl.Ti/c20-19(17-11-9-13-5-1-3-7-15(13)17)18-12-10-14-6-2-4-8-16(14)18;/h1-12,17-19H;. The molecule has 0 amide bonds. The third kappa shape index (κ3) is 2.46. The molecule has 2 atom stereocenters. The van der Waals surface area contributed by atoms with Crippen LogP contribution in [0.4, 0.5) is 0 Å². The molecule has 0 fully saturated rings. The van der Waals surface area contributed by atoms with Gasteiger partial charge in [0.15, 0.2) is 0 Å². The van der Waals surface area contributed by atoms with E-state index < -0.39 is 0 Å². The van der Waals surface area contributed by atoms with Crippen LogP contribution in [0.15, 0.2) is 60.7 Å². The van der Waals surface area contributed by atoms with E-state index in [1.54, 1.807) is 0 Å². The summed E-state index contributed by atoms with van der Waals surface area (Å²) in [6.45, 7) is 0. The summed E-state index contributed by atoms with van der Waals surface area (Å²) in [6.07, 6.45) is 8.88. The van der Waals surface area contributed by atoms with Gasteiger partial charge in [0.1, 0.15) is 0 Å². The number of benzene rings is 2. The molecule has 0 heterocycles. The molecule has 2 aliphatic carbocycles. The zero-order chi connectivity index (χ0) is 13.5. The van der Waals surface area contributed by atoms with E-state index in [1.165, 1.54) is 22.3 Å². The summed E-state index contributed by atoms with van der Waals surface area (Å²) in [5, 5.41) is 0.0646. The van der Waals surface area contributed by atoms with Crippen molar-refractivity contribution >= 4 is 23.8 Å². The molecule has 2 aliphatic rings. The molecule has 2 aromatic carbocycles. The molecule has 102 valence electrons. The molecule has 0 N–H and O–H groups in total. The molecule has 0 nitrogen and oxygen atoms in total. The fourth-order valence-corrected chi connectivity index (χ4v) is 3.77. The van der Waals surface area contributed by atoms with E-state index >= 15 is 0 Å². The molecule has 0 aromatic heterocycles. The Bertz CT molecular complexity index is 656. The normalized spacial score (nSPS) is 22.5. The van der Waals surface area contributed by atoms with Crippen molar-refractivity contribution in [3.63, 3.8) is 0 Å². The molecule has 2 aromatic rings. The Morgan fingerprint density at radius 1 is 0.714 bits per heavy atom. The van der Waals surface area contributed by atoms with Crippen LogP contribution in [0.3, 0.4) is 0 Å². The van der Waals surface area contributed by atoms with Crippen LogP contribution in [0.5, 0.6) is 0 Å². The minimum absolute atomic E-state index is 0. The Kier molecular flexibility index (Phi) is 4.22. The quantitative estimate of drug-likeness (QED) is 0.525. The van der Waals surface area contributed by atoms with Gasteiger partial charge in [-0.3, -0.25) is 0 Å². The van der Waals surface area contributed by atoms with Gasteiger partial charge in [-0.2, -0.15) is 0 Å². The van der Waals surface area contributed by atoms with Gasteiger partial charge in [0.2, 0.25) is 0 Å². The first kappa shape index (κ1) is 14.8. The smallest absolute Gasteiger partial charge is 0.0543 e. The molecular weight excluding hydrogens is 312 g/mol. The number of allylic oxidation sites excluding steroid dienone is 2. The van der Waals surface area contributed by atoms with Crippen molar-refractivity contribution in [2.45, 2.75) is 17.2 Å². The summed E-state index contributed by atoms with van der Waals surface area (Å²) in [5.41, 5.74) is 5.31. The molecule has 0 aliphatic heterocycles. The van der Waals surface area contributed by atoms with Crippen LogP contribution in [0.25, 0.3) is 12.2 Å². The number of rotatable bonds is 2. The summed E-state index contributed by atoms with van der Waals surface area (Å²) < 4.78 is 0. The van der Waals surface area contributed by atoms with Gasteiger partial charge < -0.3 is 0 Å². The molecule has 2 heteroatoms. The van der Waals surface area contributed by atoms with Gasteiger partial charge in [-0.1, -0.05) is 72.8 Å². The number of halogens is 1. The van der Waals surface area contributed by atoms with E-state index in [4.69, 9.17) is 11.6 Å². The van der Waals surface area contributed by atoms with Gasteiger partial charge in [0.05, 0.1) is 5.38 Å². The second-order valence-corrected chi connectivity index (χ2v) is 5.98. The molecule has 2 unspecified atom stereocenters. The van der Waals surface area contributed by atoms with Crippen LogP contribution in [-0.2, 0) is 21.7 Å². The first-order chi connectivity index (χ1) is 9.84.